The first-order chi connectivity index (χ1) is 7.75. The number of rotatable bonds is 2. The maximum atomic E-state index is 9.60. The Balaban J connectivity index is 2.27. The Morgan fingerprint density at radius 3 is 2.56 bits per heavy atom. The van der Waals surface area contributed by atoms with Gasteiger partial charge >= 0.3 is 0 Å². The summed E-state index contributed by atoms with van der Waals surface area (Å²) in [5.41, 5.74) is 2.70. The van der Waals surface area contributed by atoms with E-state index in [1.54, 1.807) is 12.3 Å². The summed E-state index contributed by atoms with van der Waals surface area (Å²) >= 11 is 0. The van der Waals surface area contributed by atoms with Crippen molar-refractivity contribution >= 4 is 11.9 Å². The Morgan fingerprint density at radius 2 is 1.81 bits per heavy atom. The maximum absolute atomic E-state index is 9.60. The normalized spacial score (nSPS) is 10.8. The number of aromatic hydroxyl groups is 1. The zero-order valence-electron chi connectivity index (χ0n) is 9.09. The minimum absolute atomic E-state index is 0.206. The molecule has 2 aromatic rings. The van der Waals surface area contributed by atoms with E-state index in [9.17, 15) is 5.11 Å². The Labute approximate surface area is 94.9 Å². The molecule has 80 valence electrons. The molecule has 0 saturated heterocycles. The molecule has 0 saturated carbocycles. The van der Waals surface area contributed by atoms with Crippen LogP contribution in [0.25, 0.3) is 0 Å². The lowest BCUT2D eigenvalue weighted by Crippen LogP contribution is -1.79. The molecule has 2 heteroatoms. The molecule has 2 aromatic carbocycles. The highest BCUT2D eigenvalue weighted by molar-refractivity contribution is 5.82. The van der Waals surface area contributed by atoms with Gasteiger partial charge in [0.1, 0.15) is 11.4 Å². The summed E-state index contributed by atoms with van der Waals surface area (Å²) in [7, 11) is 0. The van der Waals surface area contributed by atoms with Crippen LogP contribution < -0.4 is 0 Å². The van der Waals surface area contributed by atoms with Gasteiger partial charge in [-0.2, -0.15) is 0 Å². The van der Waals surface area contributed by atoms with Crippen molar-refractivity contribution in [2.45, 2.75) is 6.92 Å². The van der Waals surface area contributed by atoms with Crippen LogP contribution in [0.15, 0.2) is 53.5 Å². The number of hydrogen-bond acceptors (Lipinski definition) is 2. The Hall–Kier alpha value is -2.09. The predicted molar refractivity (Wildman–Crippen MR) is 66.5 cm³/mol. The highest BCUT2D eigenvalue weighted by Gasteiger charge is 1.97. The fourth-order valence-corrected chi connectivity index (χ4v) is 1.42. The lowest BCUT2D eigenvalue weighted by Gasteiger charge is -1.99. The van der Waals surface area contributed by atoms with E-state index in [4.69, 9.17) is 0 Å². The molecule has 2 nitrogen and oxygen atoms in total. The van der Waals surface area contributed by atoms with Crippen molar-refractivity contribution in [1.29, 1.82) is 0 Å². The summed E-state index contributed by atoms with van der Waals surface area (Å²) in [6.07, 6.45) is 1.74. The van der Waals surface area contributed by atoms with Crippen molar-refractivity contribution in [2.24, 2.45) is 4.99 Å². The van der Waals surface area contributed by atoms with Gasteiger partial charge in [0.25, 0.3) is 0 Å². The first-order valence-corrected chi connectivity index (χ1v) is 5.14. The fourth-order valence-electron chi connectivity index (χ4n) is 1.42. The highest BCUT2D eigenvalue weighted by atomic mass is 16.3. The molecule has 0 atom stereocenters. The van der Waals surface area contributed by atoms with Crippen LogP contribution in [0.5, 0.6) is 5.75 Å². The second kappa shape index (κ2) is 4.62. The van der Waals surface area contributed by atoms with Gasteiger partial charge in [-0.15, -0.1) is 0 Å². The van der Waals surface area contributed by atoms with Gasteiger partial charge < -0.3 is 5.11 Å². The van der Waals surface area contributed by atoms with Gasteiger partial charge in [0.05, 0.1) is 0 Å². The minimum atomic E-state index is 0.206. The average Bonchev–Trinajstić information content (AvgIpc) is 2.32. The molecular weight excluding hydrogens is 198 g/mol. The van der Waals surface area contributed by atoms with E-state index < -0.39 is 0 Å². The van der Waals surface area contributed by atoms with Gasteiger partial charge in [0.2, 0.25) is 0 Å². The van der Waals surface area contributed by atoms with Crippen LogP contribution in [0.2, 0.25) is 0 Å². The molecule has 2 rings (SSSR count). The summed E-state index contributed by atoms with van der Waals surface area (Å²) in [5.74, 6) is 0.206. The smallest absolute Gasteiger partial charge is 0.141 e. The molecule has 0 aromatic heterocycles. The third-order valence-corrected chi connectivity index (χ3v) is 2.28. The predicted octanol–water partition coefficient (Wildman–Crippen LogP) is 3.45. The molecule has 0 unspecified atom stereocenters. The number of aliphatic imine (C=N–C) groups is 1. The van der Waals surface area contributed by atoms with E-state index in [2.05, 4.69) is 4.99 Å². The van der Waals surface area contributed by atoms with Gasteiger partial charge in [-0.1, -0.05) is 36.4 Å². The van der Waals surface area contributed by atoms with Crippen LogP contribution in [0, 0.1) is 6.92 Å². The Bertz CT molecular complexity index is 503. The highest BCUT2D eigenvalue weighted by Crippen LogP contribution is 2.26. The Morgan fingerprint density at radius 1 is 1.06 bits per heavy atom. The molecule has 0 aliphatic rings. The van der Waals surface area contributed by atoms with Crippen molar-refractivity contribution in [3.8, 4) is 5.75 Å². The largest absolute Gasteiger partial charge is 0.506 e. The van der Waals surface area contributed by atoms with E-state index in [0.717, 1.165) is 11.1 Å². The van der Waals surface area contributed by atoms with Crippen LogP contribution in [-0.4, -0.2) is 11.3 Å². The molecule has 0 spiro atoms. The molecule has 0 amide bonds. The summed E-state index contributed by atoms with van der Waals surface area (Å²) in [6.45, 7) is 1.97. The number of phenolic OH excluding ortho intramolecular Hbond substituents is 1. The van der Waals surface area contributed by atoms with Crippen LogP contribution in [-0.2, 0) is 0 Å². The molecule has 0 bridgehead atoms. The lowest BCUT2D eigenvalue weighted by atomic mass is 10.2. The standard InChI is InChI=1S/C14H13NO/c1-11-7-8-14(16)13(9-11)15-10-12-5-3-2-4-6-12/h2-10,16H,1H3/b15-10+. The third-order valence-electron chi connectivity index (χ3n) is 2.28. The van der Waals surface area contributed by atoms with Gasteiger partial charge in [-0.25, -0.2) is 0 Å². The van der Waals surface area contributed by atoms with Gasteiger partial charge in [-0.05, 0) is 30.2 Å². The van der Waals surface area contributed by atoms with E-state index in [1.807, 2.05) is 49.4 Å². The topological polar surface area (TPSA) is 32.6 Å². The van der Waals surface area contributed by atoms with Crippen molar-refractivity contribution in [3.63, 3.8) is 0 Å². The number of hydrogen-bond donors (Lipinski definition) is 1. The second-order valence-corrected chi connectivity index (χ2v) is 3.66. The molecule has 16 heavy (non-hydrogen) atoms. The fraction of sp³-hybridized carbons (Fsp3) is 0.0714. The lowest BCUT2D eigenvalue weighted by molar-refractivity contribution is 0.477. The summed E-state index contributed by atoms with van der Waals surface area (Å²) in [4.78, 5) is 4.26. The van der Waals surface area contributed by atoms with E-state index in [-0.39, 0.29) is 5.75 Å². The van der Waals surface area contributed by atoms with E-state index in [0.29, 0.717) is 5.69 Å². The molecule has 0 radical (unpaired) electrons. The summed E-state index contributed by atoms with van der Waals surface area (Å²) in [5, 5.41) is 9.60. The molecule has 1 N–H and O–H groups in total. The molecule has 0 aliphatic carbocycles. The van der Waals surface area contributed by atoms with Gasteiger partial charge in [0.15, 0.2) is 0 Å². The van der Waals surface area contributed by atoms with Crippen LogP contribution >= 0.6 is 0 Å². The maximum Gasteiger partial charge on any atom is 0.141 e. The molecule has 0 fully saturated rings. The molecule has 0 aliphatic heterocycles. The quantitative estimate of drug-likeness (QED) is 0.758. The third kappa shape index (κ3) is 2.48. The van der Waals surface area contributed by atoms with Crippen LogP contribution in [0.1, 0.15) is 11.1 Å². The van der Waals surface area contributed by atoms with Crippen molar-refractivity contribution < 1.29 is 5.11 Å². The zero-order valence-corrected chi connectivity index (χ0v) is 9.09. The van der Waals surface area contributed by atoms with E-state index >= 15 is 0 Å². The number of nitrogens with zero attached hydrogens (tertiary/aromatic N) is 1. The number of aryl methyl sites for hydroxylation is 1. The first kappa shape index (κ1) is 10.4. The minimum Gasteiger partial charge on any atom is -0.506 e. The van der Waals surface area contributed by atoms with Crippen molar-refractivity contribution in [2.75, 3.05) is 0 Å². The van der Waals surface area contributed by atoms with Crippen molar-refractivity contribution in [1.82, 2.24) is 0 Å². The summed E-state index contributed by atoms with van der Waals surface area (Å²) in [6, 6.07) is 15.2. The van der Waals surface area contributed by atoms with Crippen LogP contribution in [0.4, 0.5) is 5.69 Å². The van der Waals surface area contributed by atoms with E-state index in [1.165, 1.54) is 0 Å². The van der Waals surface area contributed by atoms with Crippen LogP contribution in [0.3, 0.4) is 0 Å². The average molecular weight is 211 g/mol. The Kier molecular flexibility index (Phi) is 3.01. The number of benzene rings is 2. The summed E-state index contributed by atoms with van der Waals surface area (Å²) < 4.78 is 0. The second-order valence-electron chi connectivity index (χ2n) is 3.66. The number of phenols is 1. The molecular formula is C14H13NO. The molecule has 0 heterocycles. The van der Waals surface area contributed by atoms with Gasteiger partial charge in [-0.3, -0.25) is 4.99 Å². The van der Waals surface area contributed by atoms with Crippen molar-refractivity contribution in [3.05, 3.63) is 59.7 Å². The SMILES string of the molecule is Cc1ccc(O)c(/N=C/c2ccccc2)c1. The zero-order chi connectivity index (χ0) is 11.4. The first-order valence-electron chi connectivity index (χ1n) is 5.14. The monoisotopic (exact) mass is 211 g/mol. The van der Waals surface area contributed by atoms with Gasteiger partial charge in [0, 0.05) is 6.21 Å².